The van der Waals surface area contributed by atoms with Crippen LogP contribution in [0.5, 0.6) is 5.75 Å². The number of ether oxygens (including phenoxy) is 1. The highest BCUT2D eigenvalue weighted by Crippen LogP contribution is 2.24. The van der Waals surface area contributed by atoms with Crippen LogP contribution in [0.25, 0.3) is 0 Å². The summed E-state index contributed by atoms with van der Waals surface area (Å²) in [4.78, 5) is 0. The topological polar surface area (TPSA) is 9.23 Å². The zero-order valence-electron chi connectivity index (χ0n) is 12.1. The first-order valence-electron chi connectivity index (χ1n) is 7.08. The Bertz CT molecular complexity index is 275. The van der Waals surface area contributed by atoms with E-state index in [-0.39, 0.29) is 0 Å². The third-order valence-electron chi connectivity index (χ3n) is 2.59. The van der Waals surface area contributed by atoms with E-state index in [9.17, 15) is 0 Å². The lowest BCUT2D eigenvalue weighted by Crippen LogP contribution is -2.10. The van der Waals surface area contributed by atoms with E-state index in [2.05, 4.69) is 25.1 Å². The summed E-state index contributed by atoms with van der Waals surface area (Å²) in [7, 11) is 0. The van der Waals surface area contributed by atoms with Gasteiger partial charge in [0, 0.05) is 0 Å². The summed E-state index contributed by atoms with van der Waals surface area (Å²) in [5.41, 5.74) is 1.27. The average molecular weight is 236 g/mol. The maximum atomic E-state index is 5.86. The Kier molecular flexibility index (Phi) is 9.60. The Balaban J connectivity index is 0.000000581. The van der Waals surface area contributed by atoms with Crippen molar-refractivity contribution in [2.45, 2.75) is 66.4 Å². The van der Waals surface area contributed by atoms with Gasteiger partial charge in [0.25, 0.3) is 0 Å². The summed E-state index contributed by atoms with van der Waals surface area (Å²) >= 11 is 0. The Morgan fingerprint density at radius 2 is 1.59 bits per heavy atom. The molecular formula is C16H28O. The quantitative estimate of drug-likeness (QED) is 0.671. The second-order valence-corrected chi connectivity index (χ2v) is 3.84. The lowest BCUT2D eigenvalue weighted by molar-refractivity contribution is 0.210. The Hall–Kier alpha value is -0.980. The molecule has 0 aromatic heterocycles. The van der Waals surface area contributed by atoms with Crippen molar-refractivity contribution in [1.29, 1.82) is 0 Å². The predicted octanol–water partition coefficient (Wildman–Crippen LogP) is 5.37. The summed E-state index contributed by atoms with van der Waals surface area (Å²) in [5.74, 6) is 1.03. The highest BCUT2D eigenvalue weighted by Gasteiger charge is 2.15. The molecule has 0 amide bonds. The van der Waals surface area contributed by atoms with Crippen LogP contribution in [0.4, 0.5) is 0 Å². The monoisotopic (exact) mass is 236 g/mol. The first-order chi connectivity index (χ1) is 8.34. The van der Waals surface area contributed by atoms with E-state index in [4.69, 9.17) is 4.74 Å². The van der Waals surface area contributed by atoms with E-state index < -0.39 is 0 Å². The lowest BCUT2D eigenvalue weighted by atomic mass is 10.2. The molecule has 0 N–H and O–H groups in total. The Morgan fingerprint density at radius 1 is 1.00 bits per heavy atom. The average Bonchev–Trinajstić information content (AvgIpc) is 2.87. The molecule has 2 rings (SSSR count). The summed E-state index contributed by atoms with van der Waals surface area (Å²) in [5, 5.41) is 0. The summed E-state index contributed by atoms with van der Waals surface area (Å²) in [6, 6.07) is 8.31. The van der Waals surface area contributed by atoms with Gasteiger partial charge in [0.15, 0.2) is 0 Å². The van der Waals surface area contributed by atoms with Crippen molar-refractivity contribution in [1.82, 2.24) is 0 Å². The molecule has 0 unspecified atom stereocenters. The van der Waals surface area contributed by atoms with Crippen molar-refractivity contribution in [2.24, 2.45) is 0 Å². The van der Waals surface area contributed by atoms with E-state index in [1.807, 2.05) is 33.8 Å². The van der Waals surface area contributed by atoms with E-state index in [0.29, 0.717) is 6.10 Å². The molecule has 0 spiro atoms. The molecule has 1 nitrogen and oxygen atoms in total. The molecule has 1 fully saturated rings. The molecule has 0 radical (unpaired) electrons. The molecule has 1 heteroatoms. The largest absolute Gasteiger partial charge is 0.490 e. The molecule has 0 atom stereocenters. The van der Waals surface area contributed by atoms with Crippen molar-refractivity contribution in [3.63, 3.8) is 0 Å². The molecule has 0 aliphatic heterocycles. The summed E-state index contributed by atoms with van der Waals surface area (Å²) in [6.45, 7) is 10.1. The second kappa shape index (κ2) is 10.2. The zero-order chi connectivity index (χ0) is 13.1. The van der Waals surface area contributed by atoms with Crippen LogP contribution in [0, 0.1) is 6.92 Å². The molecule has 0 heterocycles. The van der Waals surface area contributed by atoms with Gasteiger partial charge in [-0.3, -0.25) is 0 Å². The van der Waals surface area contributed by atoms with Gasteiger partial charge in [0.2, 0.25) is 0 Å². The molecule has 98 valence electrons. The highest BCUT2D eigenvalue weighted by atomic mass is 16.5. The summed E-state index contributed by atoms with van der Waals surface area (Å²) < 4.78 is 5.86. The minimum Gasteiger partial charge on any atom is -0.490 e. The fraction of sp³-hybridized carbons (Fsp3) is 0.625. The minimum atomic E-state index is 0.474. The smallest absolute Gasteiger partial charge is 0.119 e. The molecule has 0 bridgehead atoms. The van der Waals surface area contributed by atoms with Crippen LogP contribution in [-0.4, -0.2) is 6.10 Å². The lowest BCUT2D eigenvalue weighted by Gasteiger charge is -2.12. The second-order valence-electron chi connectivity index (χ2n) is 3.84. The number of aryl methyl sites for hydroxylation is 1. The minimum absolute atomic E-state index is 0.474. The predicted molar refractivity (Wildman–Crippen MR) is 76.8 cm³/mol. The first-order valence-corrected chi connectivity index (χ1v) is 7.08. The van der Waals surface area contributed by atoms with Gasteiger partial charge in [-0.15, -0.1) is 0 Å². The van der Waals surface area contributed by atoms with Crippen LogP contribution >= 0.6 is 0 Å². The third kappa shape index (κ3) is 6.35. The van der Waals surface area contributed by atoms with Crippen molar-refractivity contribution in [2.75, 3.05) is 0 Å². The SMILES string of the molecule is CC.CC.Cc1cccc(OC2CCCC2)c1. The van der Waals surface area contributed by atoms with Crippen LogP contribution in [0.1, 0.15) is 58.9 Å². The van der Waals surface area contributed by atoms with Crippen LogP contribution in [0.15, 0.2) is 24.3 Å². The van der Waals surface area contributed by atoms with Crippen LogP contribution < -0.4 is 4.74 Å². The Morgan fingerprint density at radius 3 is 2.12 bits per heavy atom. The molecule has 1 saturated carbocycles. The third-order valence-corrected chi connectivity index (χ3v) is 2.59. The van der Waals surface area contributed by atoms with E-state index in [1.54, 1.807) is 0 Å². The van der Waals surface area contributed by atoms with Crippen molar-refractivity contribution in [3.8, 4) is 5.75 Å². The van der Waals surface area contributed by atoms with E-state index in [1.165, 1.54) is 31.2 Å². The van der Waals surface area contributed by atoms with Gasteiger partial charge in [-0.1, -0.05) is 39.8 Å². The first kappa shape index (κ1) is 16.0. The van der Waals surface area contributed by atoms with E-state index >= 15 is 0 Å². The molecule has 1 aromatic rings. The molecule has 1 aliphatic carbocycles. The van der Waals surface area contributed by atoms with Gasteiger partial charge in [-0.05, 0) is 50.3 Å². The van der Waals surface area contributed by atoms with Gasteiger partial charge in [0.1, 0.15) is 5.75 Å². The molecule has 17 heavy (non-hydrogen) atoms. The van der Waals surface area contributed by atoms with Crippen molar-refractivity contribution in [3.05, 3.63) is 29.8 Å². The van der Waals surface area contributed by atoms with Crippen LogP contribution in [0.2, 0.25) is 0 Å². The van der Waals surface area contributed by atoms with Crippen LogP contribution in [-0.2, 0) is 0 Å². The number of hydrogen-bond acceptors (Lipinski definition) is 1. The highest BCUT2D eigenvalue weighted by molar-refractivity contribution is 5.27. The van der Waals surface area contributed by atoms with Gasteiger partial charge < -0.3 is 4.74 Å². The molecular weight excluding hydrogens is 208 g/mol. The number of benzene rings is 1. The van der Waals surface area contributed by atoms with Crippen molar-refractivity contribution < 1.29 is 4.74 Å². The van der Waals surface area contributed by atoms with Crippen LogP contribution in [0.3, 0.4) is 0 Å². The van der Waals surface area contributed by atoms with Gasteiger partial charge >= 0.3 is 0 Å². The Labute approximate surface area is 107 Å². The maximum absolute atomic E-state index is 5.86. The number of hydrogen-bond donors (Lipinski definition) is 0. The molecule has 1 aromatic carbocycles. The maximum Gasteiger partial charge on any atom is 0.119 e. The fourth-order valence-electron chi connectivity index (χ4n) is 1.89. The molecule has 1 aliphatic rings. The van der Waals surface area contributed by atoms with Gasteiger partial charge in [-0.25, -0.2) is 0 Å². The summed E-state index contributed by atoms with van der Waals surface area (Å²) in [6.07, 6.45) is 5.59. The van der Waals surface area contributed by atoms with E-state index in [0.717, 1.165) is 5.75 Å². The normalized spacial score (nSPS) is 14.2. The van der Waals surface area contributed by atoms with Crippen molar-refractivity contribution >= 4 is 0 Å². The molecule has 0 saturated heterocycles. The van der Waals surface area contributed by atoms with Gasteiger partial charge in [-0.2, -0.15) is 0 Å². The number of rotatable bonds is 2. The fourth-order valence-corrected chi connectivity index (χ4v) is 1.89. The standard InChI is InChI=1S/C12H16O.2C2H6/c1-10-5-4-8-12(9-10)13-11-6-2-3-7-11;2*1-2/h4-5,8-9,11H,2-3,6-7H2,1H3;2*1-2H3. The zero-order valence-corrected chi connectivity index (χ0v) is 12.1. The van der Waals surface area contributed by atoms with Gasteiger partial charge in [0.05, 0.1) is 6.10 Å².